The van der Waals surface area contributed by atoms with E-state index >= 15 is 0 Å². The molecule has 1 fully saturated rings. The molecular formula is C28H31N3O4. The van der Waals surface area contributed by atoms with Gasteiger partial charge in [-0.15, -0.1) is 0 Å². The Morgan fingerprint density at radius 1 is 0.857 bits per heavy atom. The van der Waals surface area contributed by atoms with E-state index < -0.39 is 6.04 Å². The second-order valence-corrected chi connectivity index (χ2v) is 8.90. The first kappa shape index (κ1) is 24.1. The van der Waals surface area contributed by atoms with Gasteiger partial charge in [-0.2, -0.15) is 0 Å². The predicted octanol–water partition coefficient (Wildman–Crippen LogP) is 4.51. The highest BCUT2D eigenvalue weighted by atomic mass is 16.5. The number of carbonyl (C=O) groups excluding carboxylic acids is 2. The molecule has 4 rings (SSSR count). The van der Waals surface area contributed by atoms with E-state index in [0.29, 0.717) is 17.2 Å². The van der Waals surface area contributed by atoms with Crippen molar-refractivity contribution in [2.45, 2.75) is 19.9 Å². The number of methoxy groups -OCH3 is 2. The van der Waals surface area contributed by atoms with Crippen molar-refractivity contribution in [3.05, 3.63) is 77.4 Å². The average molecular weight is 474 g/mol. The second-order valence-electron chi connectivity index (χ2n) is 8.90. The highest BCUT2D eigenvalue weighted by Gasteiger charge is 2.43. The van der Waals surface area contributed by atoms with Crippen LogP contribution in [-0.2, 0) is 9.59 Å². The summed E-state index contributed by atoms with van der Waals surface area (Å²) in [6.07, 6.45) is 0. The van der Waals surface area contributed by atoms with E-state index in [9.17, 15) is 9.59 Å². The Morgan fingerprint density at radius 3 is 2.17 bits per heavy atom. The number of benzene rings is 3. The second kappa shape index (κ2) is 9.70. The lowest BCUT2D eigenvalue weighted by molar-refractivity contribution is -0.128. The van der Waals surface area contributed by atoms with Gasteiger partial charge < -0.3 is 14.4 Å². The summed E-state index contributed by atoms with van der Waals surface area (Å²) >= 11 is 0. The van der Waals surface area contributed by atoms with Crippen molar-refractivity contribution in [2.24, 2.45) is 0 Å². The van der Waals surface area contributed by atoms with Crippen molar-refractivity contribution in [3.8, 4) is 11.5 Å². The minimum atomic E-state index is -0.829. The molecule has 7 heteroatoms. The van der Waals surface area contributed by atoms with Gasteiger partial charge in [0.2, 0.25) is 5.91 Å². The summed E-state index contributed by atoms with van der Waals surface area (Å²) in [5.41, 5.74) is 5.01. The standard InChI is InChI=1S/C28H31N3O4/c1-18-7-13-23(19(2)15-18)31-26(32)17-30(24-16-22(34-5)12-14-25(24)35-6)28(33)27(31)20-8-10-21(11-9-20)29(3)4/h7-16,27H,17H2,1-6H3/t27-/m0/s1. The molecule has 1 saturated heterocycles. The van der Waals surface area contributed by atoms with E-state index in [0.717, 1.165) is 28.1 Å². The molecular weight excluding hydrogens is 442 g/mol. The molecule has 0 radical (unpaired) electrons. The van der Waals surface area contributed by atoms with Crippen LogP contribution in [0.15, 0.2) is 60.7 Å². The van der Waals surface area contributed by atoms with Crippen LogP contribution in [0.4, 0.5) is 17.1 Å². The zero-order valence-corrected chi connectivity index (χ0v) is 21.0. The number of piperazine rings is 1. The van der Waals surface area contributed by atoms with Crippen LogP contribution in [0.5, 0.6) is 11.5 Å². The number of nitrogens with zero attached hydrogens (tertiary/aromatic N) is 3. The zero-order chi connectivity index (χ0) is 25.3. The summed E-state index contributed by atoms with van der Waals surface area (Å²) < 4.78 is 10.9. The quantitative estimate of drug-likeness (QED) is 0.527. The fourth-order valence-corrected chi connectivity index (χ4v) is 4.50. The molecule has 0 spiro atoms. The normalized spacial score (nSPS) is 15.9. The van der Waals surface area contributed by atoms with Gasteiger partial charge in [-0.25, -0.2) is 0 Å². The molecule has 1 aliphatic rings. The molecule has 2 amide bonds. The van der Waals surface area contributed by atoms with Gasteiger partial charge in [0.25, 0.3) is 5.91 Å². The molecule has 182 valence electrons. The molecule has 3 aromatic rings. The largest absolute Gasteiger partial charge is 0.497 e. The van der Waals surface area contributed by atoms with Crippen LogP contribution in [0.3, 0.4) is 0 Å². The molecule has 3 aromatic carbocycles. The number of hydrogen-bond acceptors (Lipinski definition) is 5. The van der Waals surface area contributed by atoms with Gasteiger partial charge in [0, 0.05) is 31.5 Å². The van der Waals surface area contributed by atoms with E-state index in [2.05, 4.69) is 0 Å². The van der Waals surface area contributed by atoms with E-state index in [1.165, 1.54) is 4.90 Å². The van der Waals surface area contributed by atoms with Crippen LogP contribution in [0, 0.1) is 13.8 Å². The number of anilines is 3. The average Bonchev–Trinajstić information content (AvgIpc) is 2.85. The first-order valence-corrected chi connectivity index (χ1v) is 11.4. The topological polar surface area (TPSA) is 62.3 Å². The van der Waals surface area contributed by atoms with Crippen LogP contribution >= 0.6 is 0 Å². The van der Waals surface area contributed by atoms with Crippen molar-refractivity contribution in [1.82, 2.24) is 0 Å². The van der Waals surface area contributed by atoms with Crippen molar-refractivity contribution >= 4 is 28.9 Å². The number of rotatable bonds is 6. The molecule has 1 aliphatic heterocycles. The molecule has 7 nitrogen and oxygen atoms in total. The van der Waals surface area contributed by atoms with E-state index in [-0.39, 0.29) is 18.4 Å². The van der Waals surface area contributed by atoms with E-state index in [1.807, 2.05) is 75.3 Å². The van der Waals surface area contributed by atoms with Crippen LogP contribution in [-0.4, -0.2) is 46.7 Å². The molecule has 0 aliphatic carbocycles. The third-order valence-corrected chi connectivity index (χ3v) is 6.33. The van der Waals surface area contributed by atoms with Crippen molar-refractivity contribution in [3.63, 3.8) is 0 Å². The first-order valence-electron chi connectivity index (χ1n) is 11.4. The van der Waals surface area contributed by atoms with Gasteiger partial charge in [-0.3, -0.25) is 19.4 Å². The maximum Gasteiger partial charge on any atom is 0.255 e. The number of ether oxygens (including phenoxy) is 2. The van der Waals surface area contributed by atoms with Crippen LogP contribution in [0.2, 0.25) is 0 Å². The highest BCUT2D eigenvalue weighted by Crippen LogP contribution is 2.40. The van der Waals surface area contributed by atoms with Crippen LogP contribution in [0.1, 0.15) is 22.7 Å². The fourth-order valence-electron chi connectivity index (χ4n) is 4.50. The number of carbonyl (C=O) groups is 2. The minimum absolute atomic E-state index is 0.109. The SMILES string of the molecule is COc1ccc(OC)c(N2CC(=O)N(c3ccc(C)cc3C)[C@@H](c3ccc(N(C)C)cc3)C2=O)c1. The maximum absolute atomic E-state index is 14.1. The monoisotopic (exact) mass is 473 g/mol. The number of hydrogen-bond donors (Lipinski definition) is 0. The molecule has 1 heterocycles. The Labute approximate surface area is 206 Å². The predicted molar refractivity (Wildman–Crippen MR) is 139 cm³/mol. The first-order chi connectivity index (χ1) is 16.7. The molecule has 35 heavy (non-hydrogen) atoms. The Hall–Kier alpha value is -4.00. The lowest BCUT2D eigenvalue weighted by Crippen LogP contribution is -2.56. The Kier molecular flexibility index (Phi) is 6.69. The molecule has 0 saturated carbocycles. The van der Waals surface area contributed by atoms with E-state index in [4.69, 9.17) is 9.47 Å². The Bertz CT molecular complexity index is 1250. The summed E-state index contributed by atoms with van der Waals surface area (Å²) in [6, 6.07) is 18.0. The van der Waals surface area contributed by atoms with Crippen LogP contribution < -0.4 is 24.2 Å². The van der Waals surface area contributed by atoms with Gasteiger partial charge >= 0.3 is 0 Å². The Balaban J connectivity index is 1.86. The summed E-state index contributed by atoms with van der Waals surface area (Å²) in [6.45, 7) is 3.86. The van der Waals surface area contributed by atoms with Gasteiger partial charge in [-0.05, 0) is 55.3 Å². The number of aryl methyl sites for hydroxylation is 2. The van der Waals surface area contributed by atoms with Gasteiger partial charge in [0.05, 0.1) is 19.9 Å². The van der Waals surface area contributed by atoms with Crippen LogP contribution in [0.25, 0.3) is 0 Å². The van der Waals surface area contributed by atoms with Crippen molar-refractivity contribution in [2.75, 3.05) is 49.6 Å². The smallest absolute Gasteiger partial charge is 0.255 e. The number of amides is 2. The lowest BCUT2D eigenvalue weighted by atomic mass is 9.97. The highest BCUT2D eigenvalue weighted by molar-refractivity contribution is 6.15. The summed E-state index contributed by atoms with van der Waals surface area (Å²) in [7, 11) is 7.03. The third-order valence-electron chi connectivity index (χ3n) is 6.33. The summed E-state index contributed by atoms with van der Waals surface area (Å²) in [4.78, 5) is 33.0. The molecule has 0 N–H and O–H groups in total. The van der Waals surface area contributed by atoms with Crippen molar-refractivity contribution in [1.29, 1.82) is 0 Å². The van der Waals surface area contributed by atoms with Gasteiger partial charge in [0.15, 0.2) is 0 Å². The van der Waals surface area contributed by atoms with E-state index in [1.54, 1.807) is 37.3 Å². The fraction of sp³-hybridized carbons (Fsp3) is 0.286. The lowest BCUT2D eigenvalue weighted by Gasteiger charge is -2.41. The van der Waals surface area contributed by atoms with Gasteiger partial charge in [-0.1, -0.05) is 29.8 Å². The molecule has 0 aromatic heterocycles. The third kappa shape index (κ3) is 4.54. The maximum atomic E-state index is 14.1. The summed E-state index contributed by atoms with van der Waals surface area (Å²) in [5.74, 6) is 0.676. The van der Waals surface area contributed by atoms with Gasteiger partial charge in [0.1, 0.15) is 24.1 Å². The zero-order valence-electron chi connectivity index (χ0n) is 21.0. The summed E-state index contributed by atoms with van der Waals surface area (Å²) in [5, 5.41) is 0. The molecule has 0 unspecified atom stereocenters. The van der Waals surface area contributed by atoms with Crippen molar-refractivity contribution < 1.29 is 19.1 Å². The Morgan fingerprint density at radius 2 is 1.57 bits per heavy atom. The molecule has 0 bridgehead atoms. The molecule has 1 atom stereocenters. The minimum Gasteiger partial charge on any atom is -0.497 e.